The summed E-state index contributed by atoms with van der Waals surface area (Å²) < 4.78 is 26.1. The van der Waals surface area contributed by atoms with Gasteiger partial charge in [0.25, 0.3) is 0 Å². The summed E-state index contributed by atoms with van der Waals surface area (Å²) in [5.41, 5.74) is 6.72. The van der Waals surface area contributed by atoms with Crippen LogP contribution in [0, 0.1) is 0 Å². The van der Waals surface area contributed by atoms with Crippen LogP contribution in [0.3, 0.4) is 0 Å². The third-order valence-corrected chi connectivity index (χ3v) is 4.90. The first-order valence-electron chi connectivity index (χ1n) is 8.12. The van der Waals surface area contributed by atoms with Gasteiger partial charge >= 0.3 is 0 Å². The highest BCUT2D eigenvalue weighted by Gasteiger charge is 2.11. The number of hydrogen-bond acceptors (Lipinski definition) is 3. The standard InChI is InChI=1S/C16H28N4O2S.HI/c1-3-5-6-7-12-18-16(17)19-13-14-8-10-15(11-9-14)23(21,22)20-4-2;/h8-11,20H,3-7,12-13H2,1-2H3,(H3,17,18,19);1H. The Morgan fingerprint density at radius 1 is 1.12 bits per heavy atom. The van der Waals surface area contributed by atoms with Crippen LogP contribution in [0.4, 0.5) is 0 Å². The highest BCUT2D eigenvalue weighted by Crippen LogP contribution is 2.11. The van der Waals surface area contributed by atoms with Crippen molar-refractivity contribution in [1.82, 2.24) is 10.0 Å². The average molecular weight is 468 g/mol. The predicted molar refractivity (Wildman–Crippen MR) is 110 cm³/mol. The second-order valence-corrected chi connectivity index (χ2v) is 7.10. The number of nitrogens with one attached hydrogen (secondary N) is 2. The molecule has 0 spiro atoms. The molecule has 0 atom stereocenters. The quantitative estimate of drug-likeness (QED) is 0.213. The zero-order valence-corrected chi connectivity index (χ0v) is 17.6. The van der Waals surface area contributed by atoms with Crippen molar-refractivity contribution in [3.05, 3.63) is 29.8 Å². The van der Waals surface area contributed by atoms with Crippen LogP contribution in [0.1, 0.15) is 45.1 Å². The molecule has 0 radical (unpaired) electrons. The molecule has 0 aliphatic heterocycles. The smallest absolute Gasteiger partial charge is 0.240 e. The van der Waals surface area contributed by atoms with Crippen molar-refractivity contribution in [3.63, 3.8) is 0 Å². The van der Waals surface area contributed by atoms with Gasteiger partial charge in [-0.05, 0) is 24.1 Å². The molecule has 0 amide bonds. The fourth-order valence-electron chi connectivity index (χ4n) is 2.05. The van der Waals surface area contributed by atoms with Crippen LogP contribution in [0.5, 0.6) is 0 Å². The van der Waals surface area contributed by atoms with Gasteiger partial charge in [-0.1, -0.05) is 45.2 Å². The van der Waals surface area contributed by atoms with Gasteiger partial charge < -0.3 is 11.1 Å². The molecule has 0 aliphatic rings. The third-order valence-electron chi connectivity index (χ3n) is 3.34. The first-order chi connectivity index (χ1) is 11.0. The van der Waals surface area contributed by atoms with Crippen molar-refractivity contribution < 1.29 is 8.42 Å². The maximum Gasteiger partial charge on any atom is 0.240 e. The first-order valence-corrected chi connectivity index (χ1v) is 9.60. The number of rotatable bonds is 10. The summed E-state index contributed by atoms with van der Waals surface area (Å²) >= 11 is 0. The lowest BCUT2D eigenvalue weighted by Crippen LogP contribution is -2.32. The number of nitrogens with zero attached hydrogens (tertiary/aromatic N) is 1. The van der Waals surface area contributed by atoms with E-state index >= 15 is 0 Å². The fraction of sp³-hybridized carbons (Fsp3) is 0.562. The van der Waals surface area contributed by atoms with Gasteiger partial charge in [0, 0.05) is 13.1 Å². The van der Waals surface area contributed by atoms with Crippen molar-refractivity contribution in [1.29, 1.82) is 0 Å². The van der Waals surface area contributed by atoms with Crippen LogP contribution in [0.25, 0.3) is 0 Å². The molecule has 1 aromatic rings. The monoisotopic (exact) mass is 468 g/mol. The van der Waals surface area contributed by atoms with E-state index < -0.39 is 10.0 Å². The normalized spacial score (nSPS) is 11.8. The summed E-state index contributed by atoms with van der Waals surface area (Å²) in [5.74, 6) is 0.422. The summed E-state index contributed by atoms with van der Waals surface area (Å²) in [4.78, 5) is 4.52. The zero-order valence-electron chi connectivity index (χ0n) is 14.4. The Hall–Kier alpha value is -0.870. The largest absolute Gasteiger partial charge is 0.370 e. The van der Waals surface area contributed by atoms with Crippen LogP contribution in [-0.2, 0) is 16.6 Å². The topological polar surface area (TPSA) is 96.6 Å². The predicted octanol–water partition coefficient (Wildman–Crippen LogP) is 2.59. The minimum atomic E-state index is -3.40. The maximum absolute atomic E-state index is 11.8. The van der Waals surface area contributed by atoms with Crippen LogP contribution >= 0.6 is 24.0 Å². The second-order valence-electron chi connectivity index (χ2n) is 5.33. The minimum absolute atomic E-state index is 0. The van der Waals surface area contributed by atoms with Gasteiger partial charge in [0.1, 0.15) is 0 Å². The number of aliphatic imine (C=N–C) groups is 1. The summed E-state index contributed by atoms with van der Waals surface area (Å²) in [6.07, 6.45) is 4.73. The molecule has 6 nitrogen and oxygen atoms in total. The molecule has 0 saturated heterocycles. The Labute approximate surface area is 162 Å². The minimum Gasteiger partial charge on any atom is -0.370 e. The summed E-state index contributed by atoms with van der Waals surface area (Å²) in [7, 11) is -3.40. The molecular weight excluding hydrogens is 439 g/mol. The summed E-state index contributed by atoms with van der Waals surface area (Å²) in [5, 5.41) is 3.09. The van der Waals surface area contributed by atoms with E-state index in [0.717, 1.165) is 18.5 Å². The van der Waals surface area contributed by atoms with Crippen molar-refractivity contribution in [2.24, 2.45) is 10.7 Å². The number of unbranched alkanes of at least 4 members (excludes halogenated alkanes) is 3. The van der Waals surface area contributed by atoms with Gasteiger partial charge in [0.05, 0.1) is 11.4 Å². The Kier molecular flexibility index (Phi) is 12.0. The molecule has 1 rings (SSSR count). The van der Waals surface area contributed by atoms with Gasteiger partial charge in [-0.25, -0.2) is 18.1 Å². The number of halogens is 1. The number of nitrogens with two attached hydrogens (primary N) is 1. The summed E-state index contributed by atoms with van der Waals surface area (Å²) in [6, 6.07) is 6.67. The SMILES string of the molecule is CCCCCCNC(N)=NCc1ccc(S(=O)(=O)NCC)cc1.I. The molecule has 0 aromatic heterocycles. The third kappa shape index (κ3) is 8.84. The lowest BCUT2D eigenvalue weighted by atomic mass is 10.2. The highest BCUT2D eigenvalue weighted by atomic mass is 127. The lowest BCUT2D eigenvalue weighted by Gasteiger charge is -2.06. The fourth-order valence-corrected chi connectivity index (χ4v) is 3.09. The molecule has 1 aromatic carbocycles. The molecule has 0 aliphatic carbocycles. The Morgan fingerprint density at radius 3 is 2.38 bits per heavy atom. The van der Waals surface area contributed by atoms with Crippen LogP contribution < -0.4 is 15.8 Å². The van der Waals surface area contributed by atoms with E-state index in [1.807, 2.05) is 0 Å². The molecule has 0 heterocycles. The van der Waals surface area contributed by atoms with Crippen molar-refractivity contribution in [3.8, 4) is 0 Å². The first kappa shape index (κ1) is 23.1. The summed E-state index contributed by atoms with van der Waals surface area (Å²) in [6.45, 7) is 5.55. The van der Waals surface area contributed by atoms with Crippen molar-refractivity contribution in [2.75, 3.05) is 13.1 Å². The second kappa shape index (κ2) is 12.5. The van der Waals surface area contributed by atoms with E-state index in [1.54, 1.807) is 31.2 Å². The molecule has 0 saturated carbocycles. The van der Waals surface area contributed by atoms with E-state index in [1.165, 1.54) is 19.3 Å². The van der Waals surface area contributed by atoms with E-state index in [4.69, 9.17) is 5.73 Å². The van der Waals surface area contributed by atoms with Crippen LogP contribution in [0.15, 0.2) is 34.2 Å². The molecule has 4 N–H and O–H groups in total. The molecule has 0 bridgehead atoms. The molecule has 8 heteroatoms. The van der Waals surface area contributed by atoms with E-state index in [0.29, 0.717) is 19.0 Å². The van der Waals surface area contributed by atoms with E-state index in [9.17, 15) is 8.42 Å². The molecular formula is C16H29IN4O2S. The highest BCUT2D eigenvalue weighted by molar-refractivity contribution is 14.0. The molecule has 0 fully saturated rings. The van der Waals surface area contributed by atoms with Crippen LogP contribution in [-0.4, -0.2) is 27.5 Å². The Bertz CT molecular complexity index is 589. The number of hydrogen-bond donors (Lipinski definition) is 3. The number of guanidine groups is 1. The molecule has 24 heavy (non-hydrogen) atoms. The molecule has 0 unspecified atom stereocenters. The Morgan fingerprint density at radius 2 is 1.79 bits per heavy atom. The van der Waals surface area contributed by atoms with Crippen molar-refractivity contribution >= 4 is 40.0 Å². The van der Waals surface area contributed by atoms with E-state index in [2.05, 4.69) is 22.0 Å². The molecule has 138 valence electrons. The lowest BCUT2D eigenvalue weighted by molar-refractivity contribution is 0.584. The van der Waals surface area contributed by atoms with Crippen LogP contribution in [0.2, 0.25) is 0 Å². The van der Waals surface area contributed by atoms with Gasteiger partial charge in [0.15, 0.2) is 5.96 Å². The average Bonchev–Trinajstić information content (AvgIpc) is 2.53. The van der Waals surface area contributed by atoms with Crippen molar-refractivity contribution in [2.45, 2.75) is 51.0 Å². The van der Waals surface area contributed by atoms with Gasteiger partial charge in [-0.2, -0.15) is 0 Å². The zero-order chi connectivity index (χ0) is 17.1. The number of benzene rings is 1. The Balaban J connectivity index is 0.00000529. The van der Waals surface area contributed by atoms with Gasteiger partial charge in [-0.15, -0.1) is 24.0 Å². The van der Waals surface area contributed by atoms with Gasteiger partial charge in [-0.3, -0.25) is 0 Å². The maximum atomic E-state index is 11.8. The van der Waals surface area contributed by atoms with Gasteiger partial charge in [0.2, 0.25) is 10.0 Å². The number of sulfonamides is 1. The van der Waals surface area contributed by atoms with E-state index in [-0.39, 0.29) is 28.9 Å².